The number of fused-ring (bicyclic) bond motifs is 1. The molecule has 1 unspecified atom stereocenters. The highest BCUT2D eigenvalue weighted by Gasteiger charge is 2.26. The molecule has 35 heavy (non-hydrogen) atoms. The van der Waals surface area contributed by atoms with Crippen molar-refractivity contribution in [3.05, 3.63) is 79.4 Å². The van der Waals surface area contributed by atoms with Gasteiger partial charge in [-0.1, -0.05) is 12.6 Å². The van der Waals surface area contributed by atoms with Gasteiger partial charge in [0.15, 0.2) is 17.3 Å². The minimum absolute atomic E-state index is 0.0569. The van der Waals surface area contributed by atoms with E-state index in [0.29, 0.717) is 18.0 Å². The maximum atomic E-state index is 14.0. The highest BCUT2D eigenvalue weighted by atomic mass is 19.1. The molecule has 0 N–H and O–H groups in total. The molecule has 1 aliphatic heterocycles. The predicted octanol–water partition coefficient (Wildman–Crippen LogP) is 5.39. The molecule has 3 heterocycles. The first-order valence-corrected chi connectivity index (χ1v) is 11.4. The first-order valence-electron chi connectivity index (χ1n) is 11.4. The lowest BCUT2D eigenvalue weighted by molar-refractivity contribution is -0.127. The molecule has 5 rings (SSSR count). The topological polar surface area (TPSA) is 69.5 Å². The van der Waals surface area contributed by atoms with Crippen molar-refractivity contribution in [1.29, 1.82) is 0 Å². The lowest BCUT2D eigenvalue weighted by Gasteiger charge is -2.32. The number of carbonyl (C=O) groups is 1. The summed E-state index contributed by atoms with van der Waals surface area (Å²) in [6, 6.07) is 14.0. The van der Waals surface area contributed by atoms with Crippen LogP contribution < -0.4 is 9.47 Å². The molecule has 0 radical (unpaired) electrons. The van der Waals surface area contributed by atoms with E-state index in [-0.39, 0.29) is 17.7 Å². The third-order valence-electron chi connectivity index (χ3n) is 6.23. The minimum atomic E-state index is -0.484. The van der Waals surface area contributed by atoms with Gasteiger partial charge < -0.3 is 14.4 Å². The second-order valence-electron chi connectivity index (χ2n) is 8.37. The van der Waals surface area contributed by atoms with E-state index in [1.807, 2.05) is 46.1 Å². The molecule has 0 saturated carbocycles. The first-order chi connectivity index (χ1) is 17.1. The number of aromatic nitrogens is 3. The van der Waals surface area contributed by atoms with Gasteiger partial charge >= 0.3 is 0 Å². The lowest BCUT2D eigenvalue weighted by Crippen LogP contribution is -2.40. The second kappa shape index (κ2) is 9.58. The predicted molar refractivity (Wildman–Crippen MR) is 131 cm³/mol. The van der Waals surface area contributed by atoms with Gasteiger partial charge in [-0.15, -0.1) is 0 Å². The summed E-state index contributed by atoms with van der Waals surface area (Å²) in [5.74, 6) is 0.366. The summed E-state index contributed by atoms with van der Waals surface area (Å²) in [6.07, 6.45) is 6.76. The van der Waals surface area contributed by atoms with Crippen LogP contribution >= 0.6 is 0 Å². The third-order valence-corrected chi connectivity index (χ3v) is 6.23. The summed E-state index contributed by atoms with van der Waals surface area (Å²) < 4.78 is 27.0. The van der Waals surface area contributed by atoms with Crippen molar-refractivity contribution < 1.29 is 18.7 Å². The van der Waals surface area contributed by atoms with Crippen LogP contribution in [-0.4, -0.2) is 45.8 Å². The quantitative estimate of drug-likeness (QED) is 0.352. The maximum absolute atomic E-state index is 14.0. The number of nitrogens with zero attached hydrogens (tertiary/aromatic N) is 4. The molecule has 1 fully saturated rings. The molecule has 4 aromatic rings. The summed E-state index contributed by atoms with van der Waals surface area (Å²) in [6.45, 7) is 4.93. The van der Waals surface area contributed by atoms with Gasteiger partial charge in [0.25, 0.3) is 0 Å². The molecule has 1 atom stereocenters. The lowest BCUT2D eigenvalue weighted by atomic mass is 10.1. The van der Waals surface area contributed by atoms with E-state index < -0.39 is 5.82 Å². The van der Waals surface area contributed by atoms with E-state index in [1.165, 1.54) is 19.3 Å². The Hall–Kier alpha value is -4.20. The molecule has 0 bridgehead atoms. The Kier molecular flexibility index (Phi) is 6.18. The zero-order chi connectivity index (χ0) is 24.4. The average Bonchev–Trinajstić information content (AvgIpc) is 3.29. The summed E-state index contributed by atoms with van der Waals surface area (Å²) in [7, 11) is 1.41. The van der Waals surface area contributed by atoms with Gasteiger partial charge in [0.1, 0.15) is 11.4 Å². The Balaban J connectivity index is 1.45. The van der Waals surface area contributed by atoms with Crippen molar-refractivity contribution in [2.75, 3.05) is 20.2 Å². The highest BCUT2D eigenvalue weighted by Crippen LogP contribution is 2.36. The molecule has 8 heteroatoms. The zero-order valence-corrected chi connectivity index (χ0v) is 19.4. The molecule has 1 saturated heterocycles. The van der Waals surface area contributed by atoms with E-state index in [4.69, 9.17) is 14.6 Å². The van der Waals surface area contributed by atoms with Gasteiger partial charge in [0.05, 0.1) is 18.7 Å². The number of amides is 1. The van der Waals surface area contributed by atoms with E-state index in [9.17, 15) is 9.18 Å². The van der Waals surface area contributed by atoms with Crippen LogP contribution in [0.3, 0.4) is 0 Å². The number of para-hydroxylation sites is 1. The number of halogens is 1. The molecule has 0 aliphatic carbocycles. The zero-order valence-electron chi connectivity index (χ0n) is 19.4. The monoisotopic (exact) mass is 472 g/mol. The molecular weight excluding hydrogens is 447 g/mol. The fraction of sp³-hybridized carbons (Fsp3) is 0.222. The largest absolute Gasteiger partial charge is 0.490 e. The number of rotatable bonds is 6. The van der Waals surface area contributed by atoms with Crippen LogP contribution in [0.25, 0.3) is 22.2 Å². The van der Waals surface area contributed by atoms with E-state index >= 15 is 0 Å². The number of likely N-dealkylation sites (tertiary alicyclic amines) is 1. The summed E-state index contributed by atoms with van der Waals surface area (Å²) in [5, 5.41) is 5.89. The molecule has 2 aromatic carbocycles. The molecule has 7 nitrogen and oxygen atoms in total. The SMILES string of the molecule is C=CC(=O)N1CCCC(n2nc(-c3ccc(Oc4cccc(F)c4OC)cc3)c3cnccc32)C1. The van der Waals surface area contributed by atoms with Gasteiger partial charge in [-0.2, -0.15) is 5.10 Å². The summed E-state index contributed by atoms with van der Waals surface area (Å²) >= 11 is 0. The van der Waals surface area contributed by atoms with Crippen LogP contribution in [0.1, 0.15) is 18.9 Å². The standard InChI is InChI=1S/C27H25FN4O3/c1-3-25(33)31-15-5-6-19(17-31)32-23-13-14-29-16-21(23)26(30-32)18-9-11-20(12-10-18)35-24-8-4-7-22(28)27(24)34-2/h3-4,7-14,16,19H,1,5-6,15,17H2,2H3. The Labute approximate surface area is 202 Å². The number of methoxy groups -OCH3 is 1. The molecule has 2 aromatic heterocycles. The van der Waals surface area contributed by atoms with Crippen LogP contribution in [0.2, 0.25) is 0 Å². The number of carbonyl (C=O) groups excluding carboxylic acids is 1. The first kappa shape index (κ1) is 22.6. The number of hydrogen-bond donors (Lipinski definition) is 0. The van der Waals surface area contributed by atoms with E-state index in [0.717, 1.165) is 41.5 Å². The van der Waals surface area contributed by atoms with Gasteiger partial charge in [-0.25, -0.2) is 4.39 Å². The number of ether oxygens (including phenoxy) is 2. The number of piperidine rings is 1. The Morgan fingerprint density at radius 3 is 2.80 bits per heavy atom. The Bertz CT molecular complexity index is 1380. The number of hydrogen-bond acceptors (Lipinski definition) is 5. The second-order valence-corrected chi connectivity index (χ2v) is 8.37. The smallest absolute Gasteiger partial charge is 0.246 e. The van der Waals surface area contributed by atoms with Crippen LogP contribution in [0.5, 0.6) is 17.2 Å². The fourth-order valence-corrected chi connectivity index (χ4v) is 4.54. The van der Waals surface area contributed by atoms with Gasteiger partial charge in [-0.3, -0.25) is 14.5 Å². The van der Waals surface area contributed by atoms with Crippen molar-refractivity contribution in [3.8, 4) is 28.5 Å². The van der Waals surface area contributed by atoms with Crippen molar-refractivity contribution in [2.24, 2.45) is 0 Å². The van der Waals surface area contributed by atoms with Crippen molar-refractivity contribution in [3.63, 3.8) is 0 Å². The maximum Gasteiger partial charge on any atom is 0.246 e. The van der Waals surface area contributed by atoms with Crippen molar-refractivity contribution in [2.45, 2.75) is 18.9 Å². The van der Waals surface area contributed by atoms with Crippen LogP contribution in [0.15, 0.2) is 73.6 Å². The van der Waals surface area contributed by atoms with Crippen LogP contribution in [-0.2, 0) is 4.79 Å². The summed E-state index contributed by atoms with van der Waals surface area (Å²) in [5.41, 5.74) is 2.67. The van der Waals surface area contributed by atoms with Gasteiger partial charge in [-0.05, 0) is 61.4 Å². The Morgan fingerprint density at radius 1 is 1.20 bits per heavy atom. The van der Waals surface area contributed by atoms with Crippen molar-refractivity contribution in [1.82, 2.24) is 19.7 Å². The normalized spacial score (nSPS) is 15.7. The van der Waals surface area contributed by atoms with Gasteiger partial charge in [0, 0.05) is 36.4 Å². The van der Waals surface area contributed by atoms with Crippen LogP contribution in [0.4, 0.5) is 4.39 Å². The molecule has 0 spiro atoms. The number of benzene rings is 2. The molecule has 1 amide bonds. The molecule has 178 valence electrons. The third kappa shape index (κ3) is 4.35. The average molecular weight is 473 g/mol. The Morgan fingerprint density at radius 2 is 2.03 bits per heavy atom. The fourth-order valence-electron chi connectivity index (χ4n) is 4.54. The molecular formula is C27H25FN4O3. The van der Waals surface area contributed by atoms with Crippen LogP contribution in [0, 0.1) is 5.82 Å². The van der Waals surface area contributed by atoms with Gasteiger partial charge in [0.2, 0.25) is 5.91 Å². The highest BCUT2D eigenvalue weighted by molar-refractivity contribution is 5.93. The molecule has 1 aliphatic rings. The van der Waals surface area contributed by atoms with E-state index in [1.54, 1.807) is 18.3 Å². The number of pyridine rings is 1. The summed E-state index contributed by atoms with van der Waals surface area (Å²) in [4.78, 5) is 18.3. The van der Waals surface area contributed by atoms with Crippen molar-refractivity contribution >= 4 is 16.8 Å². The van der Waals surface area contributed by atoms with E-state index in [2.05, 4.69) is 11.6 Å². The minimum Gasteiger partial charge on any atom is -0.490 e.